The lowest BCUT2D eigenvalue weighted by atomic mass is 10.1. The highest BCUT2D eigenvalue weighted by molar-refractivity contribution is 8.26. The first kappa shape index (κ1) is 23.5. The fourth-order valence-electron chi connectivity index (χ4n) is 2.67. The lowest BCUT2D eigenvalue weighted by Crippen LogP contribution is -2.29. The van der Waals surface area contributed by atoms with E-state index in [4.69, 9.17) is 17.3 Å². The molecule has 1 aromatic carbocycles. The normalized spacial score (nSPS) is 14.9. The van der Waals surface area contributed by atoms with Crippen LogP contribution >= 0.6 is 24.0 Å². The zero-order valence-electron chi connectivity index (χ0n) is 16.0. The summed E-state index contributed by atoms with van der Waals surface area (Å²) < 4.78 is 0.458. The van der Waals surface area contributed by atoms with Gasteiger partial charge in [-0.2, -0.15) is 0 Å². The van der Waals surface area contributed by atoms with Gasteiger partial charge in [-0.1, -0.05) is 30.4 Å². The monoisotopic (exact) mass is 451 g/mol. The third-order valence-corrected chi connectivity index (χ3v) is 5.60. The van der Waals surface area contributed by atoms with Crippen molar-refractivity contribution in [3.8, 4) is 0 Å². The number of nitro groups is 1. The molecule has 0 atom stereocenters. The van der Waals surface area contributed by atoms with Crippen LogP contribution < -0.4 is 5.32 Å². The Labute approximate surface area is 182 Å². The molecule has 9 nitrogen and oxygen atoms in total. The van der Waals surface area contributed by atoms with Gasteiger partial charge in [-0.25, -0.2) is 0 Å². The summed E-state index contributed by atoms with van der Waals surface area (Å²) in [6.07, 6.45) is 3.90. The van der Waals surface area contributed by atoms with Gasteiger partial charge in [0, 0.05) is 31.6 Å². The van der Waals surface area contributed by atoms with E-state index < -0.39 is 10.9 Å². The number of carboxylic acid groups (broad SMARTS) is 1. The number of amides is 2. The molecule has 0 aliphatic carbocycles. The standard InChI is InChI=1S/C19H21N3O6S2/c23-16(20-10-9-17(24)25)4-2-1-3-11-21-18(26)15(30-19(21)29)12-13-5-7-14(8-6-13)22(27)28/h5-8,12H,1-4,9-11H2,(H,20,23)(H,24,25)/b15-12-. The average molecular weight is 452 g/mol. The summed E-state index contributed by atoms with van der Waals surface area (Å²) in [5.41, 5.74) is 0.658. The lowest BCUT2D eigenvalue weighted by Gasteiger charge is -2.14. The first-order valence-electron chi connectivity index (χ1n) is 9.26. The van der Waals surface area contributed by atoms with E-state index in [0.29, 0.717) is 40.6 Å². The third kappa shape index (κ3) is 7.23. The first-order valence-corrected chi connectivity index (χ1v) is 10.5. The van der Waals surface area contributed by atoms with Crippen LogP contribution in [0.1, 0.15) is 37.7 Å². The first-order chi connectivity index (χ1) is 14.3. The number of benzene rings is 1. The topological polar surface area (TPSA) is 130 Å². The molecule has 1 fully saturated rings. The van der Waals surface area contributed by atoms with Crippen LogP contribution in [-0.4, -0.2) is 50.1 Å². The predicted octanol–water partition coefficient (Wildman–Crippen LogP) is 2.95. The second-order valence-electron chi connectivity index (χ2n) is 6.49. The lowest BCUT2D eigenvalue weighted by molar-refractivity contribution is -0.384. The zero-order chi connectivity index (χ0) is 22.1. The second kappa shape index (κ2) is 11.4. The van der Waals surface area contributed by atoms with Crippen molar-refractivity contribution in [1.29, 1.82) is 0 Å². The molecule has 0 aromatic heterocycles. The Morgan fingerprint density at radius 2 is 1.90 bits per heavy atom. The Bertz CT molecular complexity index is 870. The van der Waals surface area contributed by atoms with Crippen LogP contribution in [0.3, 0.4) is 0 Å². The van der Waals surface area contributed by atoms with Crippen LogP contribution in [0.25, 0.3) is 6.08 Å². The number of rotatable bonds is 11. The van der Waals surface area contributed by atoms with E-state index in [0.717, 1.165) is 6.42 Å². The van der Waals surface area contributed by atoms with Crippen molar-refractivity contribution in [3.63, 3.8) is 0 Å². The molecule has 0 unspecified atom stereocenters. The second-order valence-corrected chi connectivity index (χ2v) is 8.16. The highest BCUT2D eigenvalue weighted by atomic mass is 32.2. The number of carbonyl (C=O) groups is 3. The van der Waals surface area contributed by atoms with Gasteiger partial charge in [0.25, 0.3) is 11.6 Å². The van der Waals surface area contributed by atoms with Crippen LogP contribution in [-0.2, 0) is 14.4 Å². The number of thioether (sulfide) groups is 1. The van der Waals surface area contributed by atoms with Gasteiger partial charge in [-0.15, -0.1) is 0 Å². The molecule has 0 radical (unpaired) electrons. The summed E-state index contributed by atoms with van der Waals surface area (Å²) in [4.78, 5) is 46.8. The number of thiocarbonyl (C=S) groups is 1. The van der Waals surface area contributed by atoms with Gasteiger partial charge in [-0.3, -0.25) is 29.4 Å². The minimum absolute atomic E-state index is 0.0183. The van der Waals surface area contributed by atoms with Gasteiger partial charge in [0.1, 0.15) is 4.32 Å². The van der Waals surface area contributed by atoms with Crippen molar-refractivity contribution < 1.29 is 24.4 Å². The number of hydrogen-bond acceptors (Lipinski definition) is 7. The van der Waals surface area contributed by atoms with E-state index >= 15 is 0 Å². The highest BCUT2D eigenvalue weighted by Gasteiger charge is 2.31. The number of aliphatic carboxylic acids is 1. The van der Waals surface area contributed by atoms with Crippen molar-refractivity contribution in [2.75, 3.05) is 13.1 Å². The van der Waals surface area contributed by atoms with E-state index in [1.165, 1.54) is 28.8 Å². The molecule has 2 N–H and O–H groups in total. The maximum Gasteiger partial charge on any atom is 0.305 e. The molecule has 1 aromatic rings. The fourth-order valence-corrected chi connectivity index (χ4v) is 3.97. The summed E-state index contributed by atoms with van der Waals surface area (Å²) in [5, 5.41) is 21.8. The van der Waals surface area contributed by atoms with E-state index in [2.05, 4.69) is 5.32 Å². The van der Waals surface area contributed by atoms with Crippen molar-refractivity contribution in [2.24, 2.45) is 0 Å². The van der Waals surface area contributed by atoms with Crippen molar-refractivity contribution in [1.82, 2.24) is 10.2 Å². The number of non-ortho nitro benzene ring substituents is 1. The van der Waals surface area contributed by atoms with Gasteiger partial charge in [0.2, 0.25) is 5.91 Å². The molecule has 1 aliphatic rings. The molecule has 1 heterocycles. The van der Waals surface area contributed by atoms with Gasteiger partial charge >= 0.3 is 5.97 Å². The molecule has 160 valence electrons. The van der Waals surface area contributed by atoms with Gasteiger partial charge < -0.3 is 10.4 Å². The minimum Gasteiger partial charge on any atom is -0.481 e. The number of carboxylic acids is 1. The Morgan fingerprint density at radius 1 is 1.20 bits per heavy atom. The molecular formula is C19H21N3O6S2. The number of unbranched alkanes of at least 4 members (excludes halogenated alkanes) is 2. The molecular weight excluding hydrogens is 430 g/mol. The van der Waals surface area contributed by atoms with Gasteiger partial charge in [0.05, 0.1) is 16.2 Å². The van der Waals surface area contributed by atoms with E-state index in [9.17, 15) is 24.5 Å². The molecule has 2 amide bonds. The molecule has 0 bridgehead atoms. The minimum atomic E-state index is -0.957. The van der Waals surface area contributed by atoms with Crippen LogP contribution in [0.2, 0.25) is 0 Å². The Balaban J connectivity index is 1.76. The summed E-state index contributed by atoms with van der Waals surface area (Å²) in [5.74, 6) is -1.34. The van der Waals surface area contributed by atoms with Crippen LogP contribution in [0.15, 0.2) is 29.2 Å². The molecule has 2 rings (SSSR count). The van der Waals surface area contributed by atoms with E-state index in [1.54, 1.807) is 18.2 Å². The Morgan fingerprint density at radius 3 is 2.53 bits per heavy atom. The van der Waals surface area contributed by atoms with E-state index in [-0.39, 0.29) is 30.5 Å². The van der Waals surface area contributed by atoms with Gasteiger partial charge in [-0.05, 0) is 36.6 Å². The summed E-state index contributed by atoms with van der Waals surface area (Å²) in [7, 11) is 0. The molecule has 0 spiro atoms. The molecule has 1 aliphatic heterocycles. The zero-order valence-corrected chi connectivity index (χ0v) is 17.7. The third-order valence-electron chi connectivity index (χ3n) is 4.22. The summed E-state index contributed by atoms with van der Waals surface area (Å²) in [6.45, 7) is 0.564. The Kier molecular flexibility index (Phi) is 8.93. The molecule has 11 heteroatoms. The summed E-state index contributed by atoms with van der Waals surface area (Å²) >= 11 is 6.47. The van der Waals surface area contributed by atoms with Crippen LogP contribution in [0.4, 0.5) is 5.69 Å². The smallest absolute Gasteiger partial charge is 0.305 e. The number of nitro benzene ring substituents is 1. The highest BCUT2D eigenvalue weighted by Crippen LogP contribution is 2.33. The molecule has 1 saturated heterocycles. The van der Waals surface area contributed by atoms with Crippen molar-refractivity contribution in [2.45, 2.75) is 32.1 Å². The maximum atomic E-state index is 12.6. The van der Waals surface area contributed by atoms with Crippen LogP contribution in [0.5, 0.6) is 0 Å². The fraction of sp³-hybridized carbons (Fsp3) is 0.368. The van der Waals surface area contributed by atoms with E-state index in [1.807, 2.05) is 0 Å². The number of nitrogens with zero attached hydrogens (tertiary/aromatic N) is 2. The van der Waals surface area contributed by atoms with Crippen LogP contribution in [0, 0.1) is 10.1 Å². The van der Waals surface area contributed by atoms with Crippen molar-refractivity contribution >= 4 is 57.8 Å². The molecule has 30 heavy (non-hydrogen) atoms. The Hall–Kier alpha value is -2.79. The SMILES string of the molecule is O=C(O)CCNC(=O)CCCCCN1C(=O)/C(=C/c2ccc([N+](=O)[O-])cc2)SC1=S. The number of nitrogens with one attached hydrogen (secondary N) is 1. The van der Waals surface area contributed by atoms with Crippen molar-refractivity contribution in [3.05, 3.63) is 44.8 Å². The summed E-state index contributed by atoms with van der Waals surface area (Å²) in [6, 6.07) is 5.91. The average Bonchev–Trinajstić information content (AvgIpc) is 2.95. The number of hydrogen-bond donors (Lipinski definition) is 2. The quantitative estimate of drug-likeness (QED) is 0.173. The maximum absolute atomic E-state index is 12.6. The largest absolute Gasteiger partial charge is 0.481 e. The molecule has 0 saturated carbocycles. The van der Waals surface area contributed by atoms with Gasteiger partial charge in [0.15, 0.2) is 0 Å². The predicted molar refractivity (Wildman–Crippen MR) is 117 cm³/mol. The number of carbonyl (C=O) groups excluding carboxylic acids is 2.